The summed E-state index contributed by atoms with van der Waals surface area (Å²) in [6, 6.07) is -0.522. The molecule has 7 nitrogen and oxygen atoms in total. The van der Waals surface area contributed by atoms with Gasteiger partial charge in [-0.3, -0.25) is 10.1 Å². The number of carboxylic acid groups (broad SMARTS) is 1. The smallest absolute Gasteiger partial charge is 0.323 e. The monoisotopic (exact) mass is 270 g/mol. The Morgan fingerprint density at radius 1 is 1.56 bits per heavy atom. The van der Waals surface area contributed by atoms with E-state index in [1.54, 1.807) is 11.8 Å². The molecule has 0 bridgehead atoms. The summed E-state index contributed by atoms with van der Waals surface area (Å²) in [7, 11) is 0. The van der Waals surface area contributed by atoms with Crippen molar-refractivity contribution in [1.29, 1.82) is 0 Å². The minimum Gasteiger partial charge on any atom is -0.481 e. The molecule has 0 aliphatic carbocycles. The van der Waals surface area contributed by atoms with Crippen LogP contribution >= 0.6 is 11.3 Å². The first-order valence-electron chi connectivity index (χ1n) is 5.66. The molecule has 1 aliphatic heterocycles. The third-order valence-electron chi connectivity index (χ3n) is 2.79. The summed E-state index contributed by atoms with van der Waals surface area (Å²) in [6.07, 6.45) is 1.55. The standard InChI is InChI=1S/C10H14N4O3S/c1-6-12-13-9(18-6)11-10(17)14-4-2-3-7(14)5-8(15)16/h7H,2-5H2,1H3,(H,15,16)(H,11,13,17). The van der Waals surface area contributed by atoms with E-state index in [9.17, 15) is 9.59 Å². The van der Waals surface area contributed by atoms with Crippen LogP contribution < -0.4 is 5.32 Å². The zero-order valence-electron chi connectivity index (χ0n) is 9.92. The lowest BCUT2D eigenvalue weighted by Gasteiger charge is -2.22. The lowest BCUT2D eigenvalue weighted by Crippen LogP contribution is -2.39. The Morgan fingerprint density at radius 3 is 2.94 bits per heavy atom. The molecule has 1 saturated heterocycles. The molecular formula is C10H14N4O3S. The number of carbonyl (C=O) groups is 2. The lowest BCUT2D eigenvalue weighted by molar-refractivity contribution is -0.137. The fourth-order valence-electron chi connectivity index (χ4n) is 2.03. The molecule has 2 amide bonds. The van der Waals surface area contributed by atoms with E-state index >= 15 is 0 Å². The number of nitrogens with one attached hydrogen (secondary N) is 1. The van der Waals surface area contributed by atoms with E-state index in [0.717, 1.165) is 17.8 Å². The van der Waals surface area contributed by atoms with Crippen molar-refractivity contribution in [3.05, 3.63) is 5.01 Å². The number of amides is 2. The first-order valence-corrected chi connectivity index (χ1v) is 6.47. The van der Waals surface area contributed by atoms with Crippen LogP contribution in [-0.4, -0.2) is 44.8 Å². The topological polar surface area (TPSA) is 95.4 Å². The van der Waals surface area contributed by atoms with Crippen molar-refractivity contribution in [3.8, 4) is 0 Å². The molecule has 1 fully saturated rings. The highest BCUT2D eigenvalue weighted by molar-refractivity contribution is 7.15. The molecule has 98 valence electrons. The van der Waals surface area contributed by atoms with Gasteiger partial charge >= 0.3 is 12.0 Å². The minimum atomic E-state index is -0.883. The number of aromatic nitrogens is 2. The van der Waals surface area contributed by atoms with Crippen molar-refractivity contribution in [2.75, 3.05) is 11.9 Å². The molecule has 0 saturated carbocycles. The Morgan fingerprint density at radius 2 is 2.33 bits per heavy atom. The maximum atomic E-state index is 12.0. The second-order valence-electron chi connectivity index (χ2n) is 4.14. The molecule has 0 radical (unpaired) electrons. The van der Waals surface area contributed by atoms with Gasteiger partial charge in [0.05, 0.1) is 6.42 Å². The SMILES string of the molecule is Cc1nnc(NC(=O)N2CCCC2CC(=O)O)s1. The average Bonchev–Trinajstić information content (AvgIpc) is 2.87. The van der Waals surface area contributed by atoms with Gasteiger partial charge in [0.15, 0.2) is 0 Å². The summed E-state index contributed by atoms with van der Waals surface area (Å²) in [5, 5.41) is 20.3. The van der Waals surface area contributed by atoms with Gasteiger partial charge in [0.1, 0.15) is 5.01 Å². The zero-order chi connectivity index (χ0) is 13.1. The number of carboxylic acids is 1. The van der Waals surface area contributed by atoms with E-state index in [2.05, 4.69) is 15.5 Å². The third-order valence-corrected chi connectivity index (χ3v) is 3.54. The average molecular weight is 270 g/mol. The first kappa shape index (κ1) is 12.7. The summed E-state index contributed by atoms with van der Waals surface area (Å²) in [5.74, 6) is -0.883. The summed E-state index contributed by atoms with van der Waals surface area (Å²) in [6.45, 7) is 2.39. The van der Waals surface area contributed by atoms with Crippen LogP contribution in [0.3, 0.4) is 0 Å². The summed E-state index contributed by atoms with van der Waals surface area (Å²) < 4.78 is 0. The number of anilines is 1. The number of urea groups is 1. The van der Waals surface area contributed by atoms with Crippen molar-refractivity contribution >= 4 is 28.5 Å². The highest BCUT2D eigenvalue weighted by Crippen LogP contribution is 2.22. The largest absolute Gasteiger partial charge is 0.481 e. The quantitative estimate of drug-likeness (QED) is 0.863. The van der Waals surface area contributed by atoms with Crippen LogP contribution in [0.15, 0.2) is 0 Å². The number of rotatable bonds is 3. The van der Waals surface area contributed by atoms with Gasteiger partial charge in [-0.1, -0.05) is 11.3 Å². The van der Waals surface area contributed by atoms with Crippen molar-refractivity contribution in [2.45, 2.75) is 32.2 Å². The van der Waals surface area contributed by atoms with Crippen LogP contribution in [0.1, 0.15) is 24.3 Å². The minimum absolute atomic E-state index is 0.0113. The summed E-state index contributed by atoms with van der Waals surface area (Å²) in [5.41, 5.74) is 0. The van der Waals surface area contributed by atoms with E-state index in [1.807, 2.05) is 0 Å². The molecule has 2 heterocycles. The molecule has 18 heavy (non-hydrogen) atoms. The van der Waals surface area contributed by atoms with Gasteiger partial charge in [-0.25, -0.2) is 4.79 Å². The number of aliphatic carboxylic acids is 1. The zero-order valence-corrected chi connectivity index (χ0v) is 10.7. The number of hydrogen-bond acceptors (Lipinski definition) is 5. The van der Waals surface area contributed by atoms with Crippen LogP contribution in [-0.2, 0) is 4.79 Å². The lowest BCUT2D eigenvalue weighted by atomic mass is 10.1. The Balaban J connectivity index is 1.97. The molecule has 2 rings (SSSR count). The predicted molar refractivity (Wildman–Crippen MR) is 65.6 cm³/mol. The fraction of sp³-hybridized carbons (Fsp3) is 0.600. The molecule has 1 atom stereocenters. The van der Waals surface area contributed by atoms with E-state index in [-0.39, 0.29) is 18.5 Å². The van der Waals surface area contributed by atoms with Gasteiger partial charge in [-0.05, 0) is 19.8 Å². The molecular weight excluding hydrogens is 256 g/mol. The normalized spacial score (nSPS) is 18.9. The van der Waals surface area contributed by atoms with Crippen LogP contribution in [0.5, 0.6) is 0 Å². The van der Waals surface area contributed by atoms with Crippen LogP contribution in [0, 0.1) is 6.92 Å². The molecule has 0 aromatic carbocycles. The Labute approximate surface area is 108 Å². The van der Waals surface area contributed by atoms with E-state index in [4.69, 9.17) is 5.11 Å². The molecule has 1 aromatic rings. The number of carbonyl (C=O) groups excluding carboxylic acids is 1. The maximum absolute atomic E-state index is 12.0. The van der Waals surface area contributed by atoms with Crippen molar-refractivity contribution in [3.63, 3.8) is 0 Å². The highest BCUT2D eigenvalue weighted by atomic mass is 32.1. The Hall–Kier alpha value is -1.70. The second-order valence-corrected chi connectivity index (χ2v) is 5.33. The first-order chi connectivity index (χ1) is 8.56. The van der Waals surface area contributed by atoms with E-state index in [1.165, 1.54) is 11.3 Å². The van der Waals surface area contributed by atoms with Gasteiger partial charge in [-0.2, -0.15) is 0 Å². The van der Waals surface area contributed by atoms with E-state index < -0.39 is 5.97 Å². The summed E-state index contributed by atoms with van der Waals surface area (Å²) >= 11 is 1.29. The molecule has 8 heteroatoms. The highest BCUT2D eigenvalue weighted by Gasteiger charge is 2.30. The molecule has 0 spiro atoms. The third kappa shape index (κ3) is 2.95. The van der Waals surface area contributed by atoms with Crippen LogP contribution in [0.2, 0.25) is 0 Å². The number of likely N-dealkylation sites (tertiary alicyclic amines) is 1. The number of aryl methyl sites for hydroxylation is 1. The van der Waals surface area contributed by atoms with E-state index in [0.29, 0.717) is 11.7 Å². The van der Waals surface area contributed by atoms with Gasteiger partial charge in [0, 0.05) is 12.6 Å². The molecule has 1 aromatic heterocycles. The second kappa shape index (κ2) is 5.30. The van der Waals surface area contributed by atoms with Crippen LogP contribution in [0.25, 0.3) is 0 Å². The molecule has 2 N–H and O–H groups in total. The van der Waals surface area contributed by atoms with Crippen LogP contribution in [0.4, 0.5) is 9.93 Å². The molecule has 1 unspecified atom stereocenters. The Bertz CT molecular complexity index is 462. The number of nitrogens with zero attached hydrogens (tertiary/aromatic N) is 3. The van der Waals surface area contributed by atoms with Gasteiger partial charge in [-0.15, -0.1) is 10.2 Å². The Kier molecular flexibility index (Phi) is 3.75. The molecule has 1 aliphatic rings. The maximum Gasteiger partial charge on any atom is 0.323 e. The van der Waals surface area contributed by atoms with Crippen molar-refractivity contribution in [1.82, 2.24) is 15.1 Å². The predicted octanol–water partition coefficient (Wildman–Crippen LogP) is 1.32. The number of hydrogen-bond donors (Lipinski definition) is 2. The summed E-state index contributed by atoms with van der Waals surface area (Å²) in [4.78, 5) is 24.2. The fourth-order valence-corrected chi connectivity index (χ4v) is 2.61. The van der Waals surface area contributed by atoms with Gasteiger partial charge in [0.2, 0.25) is 5.13 Å². The van der Waals surface area contributed by atoms with Gasteiger partial charge in [0.25, 0.3) is 0 Å². The van der Waals surface area contributed by atoms with Crippen molar-refractivity contribution in [2.24, 2.45) is 0 Å². The van der Waals surface area contributed by atoms with Gasteiger partial charge < -0.3 is 10.0 Å². The van der Waals surface area contributed by atoms with Crippen molar-refractivity contribution < 1.29 is 14.7 Å².